The highest BCUT2D eigenvalue weighted by atomic mass is 32.2. The molecular weight excluding hydrogens is 697 g/mol. The number of fused-ring (bicyclic) bond motifs is 1. The molecule has 13 nitrogen and oxygen atoms in total. The van der Waals surface area contributed by atoms with Gasteiger partial charge >= 0.3 is 6.03 Å². The lowest BCUT2D eigenvalue weighted by Gasteiger charge is -2.39. The summed E-state index contributed by atoms with van der Waals surface area (Å²) in [7, 11) is -3.87. The molecule has 4 aliphatic carbocycles. The average Bonchev–Trinajstić information content (AvgIpc) is 3.99. The van der Waals surface area contributed by atoms with E-state index in [2.05, 4.69) is 41.1 Å². The molecule has 0 radical (unpaired) electrons. The third kappa shape index (κ3) is 6.56. The Kier molecular flexibility index (Phi) is 9.67. The zero-order valence-electron chi connectivity index (χ0n) is 33.0. The molecule has 6 rings (SSSR count). The molecule has 6 aliphatic rings. The van der Waals surface area contributed by atoms with Crippen molar-refractivity contribution in [2.75, 3.05) is 19.6 Å². The molecule has 0 aromatic heterocycles. The Hall–Kier alpha value is -3.16. The number of hydrogen-bond donors (Lipinski definition) is 4. The van der Waals surface area contributed by atoms with Crippen molar-refractivity contribution in [1.29, 1.82) is 0 Å². The highest BCUT2D eigenvalue weighted by molar-refractivity contribution is 7.91. The van der Waals surface area contributed by atoms with Crippen LogP contribution >= 0.6 is 0 Å². The maximum Gasteiger partial charge on any atom is 0.318 e. The van der Waals surface area contributed by atoms with Gasteiger partial charge in [0.25, 0.3) is 5.91 Å². The molecule has 0 unspecified atom stereocenters. The second-order valence-corrected chi connectivity index (χ2v) is 21.6. The summed E-state index contributed by atoms with van der Waals surface area (Å²) in [6, 6.07) is -3.23. The van der Waals surface area contributed by atoms with Crippen molar-refractivity contribution in [3.05, 3.63) is 12.7 Å². The van der Waals surface area contributed by atoms with Gasteiger partial charge in [-0.15, -0.1) is 6.58 Å². The number of carbonyl (C=O) groups is 5. The minimum absolute atomic E-state index is 0.0132. The van der Waals surface area contributed by atoms with Gasteiger partial charge < -0.3 is 25.8 Å². The van der Waals surface area contributed by atoms with E-state index in [0.717, 1.165) is 38.5 Å². The smallest absolute Gasteiger partial charge is 0.318 e. The molecule has 2 heterocycles. The number of piperidine rings is 1. The van der Waals surface area contributed by atoms with Crippen LogP contribution in [0.4, 0.5) is 4.79 Å². The highest BCUT2D eigenvalue weighted by Gasteiger charge is 2.85. The summed E-state index contributed by atoms with van der Waals surface area (Å²) in [6.07, 6.45) is 9.08. The fourth-order valence-electron chi connectivity index (χ4n) is 10.1. The van der Waals surface area contributed by atoms with E-state index in [4.69, 9.17) is 0 Å². The lowest BCUT2D eigenvalue weighted by molar-refractivity contribution is -0.145. The van der Waals surface area contributed by atoms with Crippen LogP contribution < -0.4 is 20.7 Å². The largest absolute Gasteiger partial charge is 0.342 e. The molecule has 0 bridgehead atoms. The van der Waals surface area contributed by atoms with Gasteiger partial charge in [-0.05, 0) is 79.4 Å². The molecular formula is C39H62N6O7S. The van der Waals surface area contributed by atoms with Gasteiger partial charge in [-0.25, -0.2) is 13.2 Å². The lowest BCUT2D eigenvalue weighted by atomic mass is 9.73. The van der Waals surface area contributed by atoms with Crippen molar-refractivity contribution in [2.45, 2.75) is 149 Å². The summed E-state index contributed by atoms with van der Waals surface area (Å²) in [5.74, 6) is -2.65. The topological polar surface area (TPSA) is 174 Å². The number of sulfonamides is 1. The zero-order chi connectivity index (χ0) is 39.2. The summed E-state index contributed by atoms with van der Waals surface area (Å²) in [5.41, 5.74) is -3.42. The molecule has 4 saturated carbocycles. The summed E-state index contributed by atoms with van der Waals surface area (Å²) >= 11 is 0. The fourth-order valence-corrected chi connectivity index (χ4v) is 11.5. The number of carbonyl (C=O) groups excluding carboxylic acids is 5. The third-order valence-electron chi connectivity index (χ3n) is 14.1. The van der Waals surface area contributed by atoms with E-state index in [1.165, 1.54) is 0 Å². The number of nitrogens with one attached hydrogen (secondary N) is 4. The Balaban J connectivity index is 1.27. The van der Waals surface area contributed by atoms with Crippen LogP contribution in [-0.2, 0) is 29.2 Å². The minimum atomic E-state index is -3.87. The van der Waals surface area contributed by atoms with Gasteiger partial charge in [0.05, 0.1) is 5.25 Å². The number of likely N-dealkylation sites (tertiary alicyclic amines) is 2. The first kappa shape index (κ1) is 39.5. The summed E-state index contributed by atoms with van der Waals surface area (Å²) < 4.78 is 27.7. The van der Waals surface area contributed by atoms with Crippen molar-refractivity contribution in [1.82, 2.24) is 30.5 Å². The Labute approximate surface area is 315 Å². The molecule has 6 amide bonds. The van der Waals surface area contributed by atoms with Crippen LogP contribution in [0.3, 0.4) is 0 Å². The van der Waals surface area contributed by atoms with Crippen LogP contribution in [0.5, 0.6) is 0 Å². The number of amides is 6. The van der Waals surface area contributed by atoms with E-state index in [9.17, 15) is 32.4 Å². The number of nitrogens with zero attached hydrogens (tertiary/aromatic N) is 2. The number of rotatable bonds is 10. The van der Waals surface area contributed by atoms with E-state index in [1.54, 1.807) is 15.9 Å². The zero-order valence-corrected chi connectivity index (χ0v) is 33.8. The quantitative estimate of drug-likeness (QED) is 0.247. The van der Waals surface area contributed by atoms with Gasteiger partial charge in [-0.3, -0.25) is 23.9 Å². The van der Waals surface area contributed by atoms with Crippen LogP contribution in [0.1, 0.15) is 120 Å². The van der Waals surface area contributed by atoms with Gasteiger partial charge in [0.1, 0.15) is 23.7 Å². The first-order valence-electron chi connectivity index (χ1n) is 19.6. The molecule has 2 aliphatic heterocycles. The second-order valence-electron chi connectivity index (χ2n) is 19.6. The maximum absolute atomic E-state index is 15.0. The second kappa shape index (κ2) is 13.0. The van der Waals surface area contributed by atoms with Gasteiger partial charge in [0.15, 0.2) is 0 Å². The summed E-state index contributed by atoms with van der Waals surface area (Å²) in [6.45, 7) is 21.0. The first-order chi connectivity index (χ1) is 24.5. The van der Waals surface area contributed by atoms with Crippen molar-refractivity contribution in [3.8, 4) is 0 Å². The molecule has 6 atom stereocenters. The third-order valence-corrected chi connectivity index (χ3v) is 15.9. The molecule has 296 valence electrons. The minimum Gasteiger partial charge on any atom is -0.342 e. The first-order valence-corrected chi connectivity index (χ1v) is 21.2. The highest BCUT2D eigenvalue weighted by Crippen LogP contribution is 2.88. The van der Waals surface area contributed by atoms with Gasteiger partial charge in [-0.1, -0.05) is 67.9 Å². The van der Waals surface area contributed by atoms with E-state index >= 15 is 0 Å². The number of hydrogen-bond acceptors (Lipinski definition) is 7. The molecule has 2 saturated heterocycles. The normalized spacial score (nSPS) is 31.2. The predicted octanol–water partition coefficient (Wildman–Crippen LogP) is 3.59. The fraction of sp³-hybridized carbons (Fsp3) is 0.821. The van der Waals surface area contributed by atoms with E-state index < -0.39 is 79.3 Å². The molecule has 0 aromatic rings. The SMILES string of the molecule is C=C[C@@H]1C[C@]1(NC(=O)[C@@H]1C[C@@]2(CN1C(=O)[C@@H](NC(=O)[C@@H](NC(=O)N1CCCCC1)C(C)(C)C)C(C)(C)C)C(C)(C)C21CCC1)C(=O)NS(=O)(=O)C1CC1. The Bertz CT molecular complexity index is 1670. The summed E-state index contributed by atoms with van der Waals surface area (Å²) in [4.78, 5) is 74.0. The van der Waals surface area contributed by atoms with Crippen LogP contribution in [0.25, 0.3) is 0 Å². The van der Waals surface area contributed by atoms with Crippen LogP contribution in [0.2, 0.25) is 0 Å². The molecule has 6 fully saturated rings. The molecule has 4 N–H and O–H groups in total. The number of urea groups is 1. The lowest BCUT2D eigenvalue weighted by Crippen LogP contribution is -2.63. The van der Waals surface area contributed by atoms with Crippen molar-refractivity contribution in [3.63, 3.8) is 0 Å². The predicted molar refractivity (Wildman–Crippen MR) is 200 cm³/mol. The van der Waals surface area contributed by atoms with Gasteiger partial charge in [0, 0.05) is 31.0 Å². The van der Waals surface area contributed by atoms with Crippen molar-refractivity contribution in [2.24, 2.45) is 33.0 Å². The van der Waals surface area contributed by atoms with Gasteiger partial charge in [0.2, 0.25) is 27.7 Å². The average molecular weight is 759 g/mol. The van der Waals surface area contributed by atoms with Crippen molar-refractivity contribution >= 4 is 39.7 Å². The Morgan fingerprint density at radius 1 is 0.830 bits per heavy atom. The van der Waals surface area contributed by atoms with Crippen molar-refractivity contribution < 1.29 is 32.4 Å². The standard InChI is InChI=1S/C39H62N6O7S/c1-10-24-21-39(24,32(49)43-53(51,52)25-15-16-25)42-29(46)26-22-38(36(8,9)37(38)17-14-18-37)23-45(26)31(48)28(35(5,6)7)40-30(47)27(34(2,3)4)41-33(50)44-19-12-11-13-20-44/h10,24-28H,1,11-23H2,2-9H3,(H,40,47)(H,41,50)(H,42,46)(H,43,49)/t24-,26+,27-,28-,38-,39-/m1/s1. The summed E-state index contributed by atoms with van der Waals surface area (Å²) in [5, 5.41) is 8.29. The van der Waals surface area contributed by atoms with Crippen LogP contribution in [-0.4, -0.2) is 96.4 Å². The van der Waals surface area contributed by atoms with Crippen LogP contribution in [0.15, 0.2) is 12.7 Å². The van der Waals surface area contributed by atoms with Gasteiger partial charge in [-0.2, -0.15) is 0 Å². The van der Waals surface area contributed by atoms with E-state index in [-0.39, 0.29) is 28.7 Å². The molecule has 53 heavy (non-hydrogen) atoms. The molecule has 0 aromatic carbocycles. The van der Waals surface area contributed by atoms with E-state index in [0.29, 0.717) is 38.9 Å². The molecule has 2 spiro atoms. The molecule has 14 heteroatoms. The Morgan fingerprint density at radius 2 is 1.43 bits per heavy atom. The van der Waals surface area contributed by atoms with E-state index in [1.807, 2.05) is 41.5 Å². The Morgan fingerprint density at radius 3 is 1.91 bits per heavy atom. The maximum atomic E-state index is 15.0. The van der Waals surface area contributed by atoms with Crippen LogP contribution in [0, 0.1) is 33.0 Å². The monoisotopic (exact) mass is 758 g/mol.